The van der Waals surface area contributed by atoms with E-state index in [1.807, 2.05) is 31.1 Å². The van der Waals surface area contributed by atoms with Gasteiger partial charge in [0.15, 0.2) is 0 Å². The van der Waals surface area contributed by atoms with Crippen LogP contribution in [0.1, 0.15) is 21.5 Å². The maximum absolute atomic E-state index is 13.7. The average molecular weight is 395 g/mol. The summed E-state index contributed by atoms with van der Waals surface area (Å²) in [6, 6.07) is 17.0. The van der Waals surface area contributed by atoms with Gasteiger partial charge in [0.2, 0.25) is 0 Å². The first-order valence-electron chi connectivity index (χ1n) is 9.18. The van der Waals surface area contributed by atoms with E-state index in [2.05, 4.69) is 0 Å². The van der Waals surface area contributed by atoms with Gasteiger partial charge in [0, 0.05) is 44.1 Å². The summed E-state index contributed by atoms with van der Waals surface area (Å²) in [5.74, 6) is -1.06. The van der Waals surface area contributed by atoms with Crippen molar-refractivity contribution in [3.05, 3.63) is 95.1 Å². The molecule has 0 spiro atoms. The number of carbonyl (C=O) groups excluding carboxylic acids is 1. The van der Waals surface area contributed by atoms with E-state index in [9.17, 15) is 13.6 Å². The fourth-order valence-corrected chi connectivity index (χ4v) is 3.20. The van der Waals surface area contributed by atoms with Crippen LogP contribution in [0.2, 0.25) is 0 Å². The molecule has 0 atom stereocenters. The number of rotatable bonds is 6. The van der Waals surface area contributed by atoms with Crippen LogP contribution >= 0.6 is 0 Å². The van der Waals surface area contributed by atoms with E-state index in [1.54, 1.807) is 23.1 Å². The Morgan fingerprint density at radius 2 is 1.62 bits per heavy atom. The standard InChI is InChI=1S/C23H23F2N3O/c1-27(2)22-11-10-21(26)13-18(22)15-28(14-16-4-3-5-20(25)12-16)23(29)17-6-8-19(24)9-7-17/h3-13H,14-15,26H2,1-2H3. The van der Waals surface area contributed by atoms with Gasteiger partial charge in [0.1, 0.15) is 11.6 Å². The monoisotopic (exact) mass is 395 g/mol. The molecule has 2 N–H and O–H groups in total. The third kappa shape index (κ3) is 5.10. The van der Waals surface area contributed by atoms with Crippen molar-refractivity contribution in [2.45, 2.75) is 13.1 Å². The Hall–Kier alpha value is -3.41. The van der Waals surface area contributed by atoms with Crippen LogP contribution in [0.5, 0.6) is 0 Å². The van der Waals surface area contributed by atoms with E-state index in [0.29, 0.717) is 16.8 Å². The quantitative estimate of drug-likeness (QED) is 0.627. The highest BCUT2D eigenvalue weighted by molar-refractivity contribution is 5.94. The van der Waals surface area contributed by atoms with Crippen LogP contribution in [0, 0.1) is 11.6 Å². The molecular weight excluding hydrogens is 372 g/mol. The second kappa shape index (κ2) is 8.73. The van der Waals surface area contributed by atoms with Crippen LogP contribution in [0.4, 0.5) is 20.2 Å². The molecule has 0 aliphatic carbocycles. The molecule has 1 amide bonds. The molecule has 29 heavy (non-hydrogen) atoms. The predicted molar refractivity (Wildman–Crippen MR) is 112 cm³/mol. The Labute approximate surface area is 169 Å². The van der Waals surface area contributed by atoms with Crippen LogP contribution < -0.4 is 10.6 Å². The van der Waals surface area contributed by atoms with Gasteiger partial charge >= 0.3 is 0 Å². The number of amides is 1. The Morgan fingerprint density at radius 1 is 0.897 bits per heavy atom. The maximum Gasteiger partial charge on any atom is 0.254 e. The molecule has 0 radical (unpaired) electrons. The van der Waals surface area contributed by atoms with Crippen LogP contribution in [-0.2, 0) is 13.1 Å². The van der Waals surface area contributed by atoms with Crippen molar-refractivity contribution in [3.63, 3.8) is 0 Å². The van der Waals surface area contributed by atoms with Crippen molar-refractivity contribution >= 4 is 17.3 Å². The fourth-order valence-electron chi connectivity index (χ4n) is 3.20. The maximum atomic E-state index is 13.7. The molecule has 0 aromatic heterocycles. The first kappa shape index (κ1) is 20.3. The molecule has 0 heterocycles. The van der Waals surface area contributed by atoms with Crippen molar-refractivity contribution < 1.29 is 13.6 Å². The topological polar surface area (TPSA) is 49.6 Å². The molecule has 0 aliphatic heterocycles. The number of hydrogen-bond acceptors (Lipinski definition) is 3. The van der Waals surface area contributed by atoms with Gasteiger partial charge in [-0.25, -0.2) is 8.78 Å². The van der Waals surface area contributed by atoms with Crippen molar-refractivity contribution in [2.24, 2.45) is 0 Å². The van der Waals surface area contributed by atoms with Gasteiger partial charge in [-0.3, -0.25) is 4.79 Å². The molecular formula is C23H23F2N3O. The number of nitrogens with two attached hydrogens (primary N) is 1. The van der Waals surface area contributed by atoms with E-state index < -0.39 is 5.82 Å². The van der Waals surface area contributed by atoms with Crippen molar-refractivity contribution in [1.29, 1.82) is 0 Å². The van der Waals surface area contributed by atoms with E-state index in [4.69, 9.17) is 5.73 Å². The highest BCUT2D eigenvalue weighted by Crippen LogP contribution is 2.25. The second-order valence-electron chi connectivity index (χ2n) is 7.08. The third-order valence-electron chi connectivity index (χ3n) is 4.59. The zero-order chi connectivity index (χ0) is 21.0. The molecule has 3 aromatic carbocycles. The summed E-state index contributed by atoms with van der Waals surface area (Å²) in [5, 5.41) is 0. The first-order chi connectivity index (χ1) is 13.8. The van der Waals surface area contributed by atoms with E-state index >= 15 is 0 Å². The smallest absolute Gasteiger partial charge is 0.254 e. The highest BCUT2D eigenvalue weighted by Gasteiger charge is 2.19. The second-order valence-corrected chi connectivity index (χ2v) is 7.08. The number of anilines is 2. The Bertz CT molecular complexity index is 1000. The van der Waals surface area contributed by atoms with E-state index in [1.165, 1.54) is 36.4 Å². The lowest BCUT2D eigenvalue weighted by Crippen LogP contribution is -2.31. The van der Waals surface area contributed by atoms with Gasteiger partial charge in [-0.05, 0) is 65.7 Å². The molecule has 4 nitrogen and oxygen atoms in total. The summed E-state index contributed by atoms with van der Waals surface area (Å²) in [4.78, 5) is 16.7. The molecule has 0 saturated carbocycles. The molecule has 0 unspecified atom stereocenters. The summed E-state index contributed by atoms with van der Waals surface area (Å²) < 4.78 is 27.0. The summed E-state index contributed by atoms with van der Waals surface area (Å²) in [5.41, 5.74) is 9.37. The highest BCUT2D eigenvalue weighted by atomic mass is 19.1. The molecule has 0 aliphatic rings. The van der Waals surface area contributed by atoms with Crippen LogP contribution in [0.15, 0.2) is 66.7 Å². The Balaban J connectivity index is 1.97. The number of benzene rings is 3. The Morgan fingerprint density at radius 3 is 2.28 bits per heavy atom. The van der Waals surface area contributed by atoms with Gasteiger partial charge in [0.25, 0.3) is 5.91 Å². The predicted octanol–water partition coefficient (Wildman–Crippen LogP) is 4.46. The van der Waals surface area contributed by atoms with Gasteiger partial charge in [-0.2, -0.15) is 0 Å². The first-order valence-corrected chi connectivity index (χ1v) is 9.18. The average Bonchev–Trinajstić information content (AvgIpc) is 2.67. The summed E-state index contributed by atoms with van der Waals surface area (Å²) in [6.07, 6.45) is 0. The molecule has 3 rings (SSSR count). The van der Waals surface area contributed by atoms with Crippen molar-refractivity contribution in [3.8, 4) is 0 Å². The fraction of sp³-hybridized carbons (Fsp3) is 0.174. The number of carbonyl (C=O) groups is 1. The zero-order valence-corrected chi connectivity index (χ0v) is 16.4. The number of hydrogen-bond donors (Lipinski definition) is 1. The van der Waals surface area contributed by atoms with Crippen LogP contribution in [0.25, 0.3) is 0 Å². The van der Waals surface area contributed by atoms with Crippen LogP contribution in [-0.4, -0.2) is 24.9 Å². The normalized spacial score (nSPS) is 10.6. The SMILES string of the molecule is CN(C)c1ccc(N)cc1CN(Cc1cccc(F)c1)C(=O)c1ccc(F)cc1. The van der Waals surface area contributed by atoms with Gasteiger partial charge in [-0.15, -0.1) is 0 Å². The lowest BCUT2D eigenvalue weighted by molar-refractivity contribution is 0.0730. The summed E-state index contributed by atoms with van der Waals surface area (Å²) in [7, 11) is 3.82. The van der Waals surface area contributed by atoms with Crippen LogP contribution in [0.3, 0.4) is 0 Å². The number of nitrogens with zero attached hydrogens (tertiary/aromatic N) is 2. The lowest BCUT2D eigenvalue weighted by Gasteiger charge is -2.26. The number of nitrogen functional groups attached to an aromatic ring is 1. The minimum atomic E-state index is -0.413. The third-order valence-corrected chi connectivity index (χ3v) is 4.59. The molecule has 0 bridgehead atoms. The molecule has 3 aromatic rings. The zero-order valence-electron chi connectivity index (χ0n) is 16.4. The van der Waals surface area contributed by atoms with Crippen molar-refractivity contribution in [2.75, 3.05) is 24.7 Å². The van der Waals surface area contributed by atoms with E-state index in [-0.39, 0.29) is 24.8 Å². The van der Waals surface area contributed by atoms with Crippen molar-refractivity contribution in [1.82, 2.24) is 4.90 Å². The lowest BCUT2D eigenvalue weighted by atomic mass is 10.1. The van der Waals surface area contributed by atoms with Gasteiger partial charge in [-0.1, -0.05) is 12.1 Å². The minimum absolute atomic E-state index is 0.204. The number of halogens is 2. The minimum Gasteiger partial charge on any atom is -0.399 e. The summed E-state index contributed by atoms with van der Waals surface area (Å²) in [6.45, 7) is 0.473. The molecule has 150 valence electrons. The molecule has 0 saturated heterocycles. The summed E-state index contributed by atoms with van der Waals surface area (Å²) >= 11 is 0. The van der Waals surface area contributed by atoms with E-state index in [0.717, 1.165) is 11.3 Å². The molecule has 6 heteroatoms. The molecule has 0 fully saturated rings. The van der Waals surface area contributed by atoms with Gasteiger partial charge in [0.05, 0.1) is 0 Å². The van der Waals surface area contributed by atoms with Gasteiger partial charge < -0.3 is 15.5 Å². The Kier molecular flexibility index (Phi) is 6.12. The largest absolute Gasteiger partial charge is 0.399 e.